The van der Waals surface area contributed by atoms with Gasteiger partial charge in [0.25, 0.3) is 0 Å². The summed E-state index contributed by atoms with van der Waals surface area (Å²) >= 11 is 0. The molecular formula is C8H23NaSi3. The van der Waals surface area contributed by atoms with Gasteiger partial charge in [0.05, 0.1) is 0 Å². The molecule has 0 rings (SSSR count). The fraction of sp³-hybridized carbons (Fsp3) is 1.00. The smallest absolute Gasteiger partial charge is 0.272 e. The Morgan fingerprint density at radius 1 is 0.833 bits per heavy atom. The van der Waals surface area contributed by atoms with E-state index >= 15 is 0 Å². The van der Waals surface area contributed by atoms with Crippen molar-refractivity contribution in [3.8, 4) is 0 Å². The minimum Gasteiger partial charge on any atom is -0.272 e. The first-order valence-electron chi connectivity index (χ1n) is 4.70. The molecule has 0 saturated carbocycles. The van der Waals surface area contributed by atoms with E-state index in [-0.39, 0.29) is 29.6 Å². The van der Waals surface area contributed by atoms with Gasteiger partial charge in [0.15, 0.2) is 0 Å². The minimum atomic E-state index is -0.689. The summed E-state index contributed by atoms with van der Waals surface area (Å²) in [5, 5.41) is 0. The molecule has 0 amide bonds. The first-order chi connectivity index (χ1) is 4.83. The Kier molecular flexibility index (Phi) is 8.31. The van der Waals surface area contributed by atoms with Crippen LogP contribution in [-0.2, 0) is 0 Å². The van der Waals surface area contributed by atoms with Crippen LogP contribution in [0.1, 0.15) is 13.8 Å². The quantitative estimate of drug-likeness (QED) is 0.586. The molecule has 0 saturated heterocycles. The molecular weight excluding hydrogens is 203 g/mol. The van der Waals surface area contributed by atoms with Gasteiger partial charge in [-0.2, -0.15) is 0 Å². The van der Waals surface area contributed by atoms with Crippen molar-refractivity contribution >= 4 is 23.7 Å². The van der Waals surface area contributed by atoms with E-state index in [1.807, 2.05) is 0 Å². The van der Waals surface area contributed by atoms with Crippen LogP contribution in [0.25, 0.3) is 0 Å². The van der Waals surface area contributed by atoms with Gasteiger partial charge in [-0.15, -0.1) is 15.2 Å². The molecule has 68 valence electrons. The van der Waals surface area contributed by atoms with Gasteiger partial charge in [-0.3, -0.25) is 8.55 Å². The van der Waals surface area contributed by atoms with Gasteiger partial charge in [0.2, 0.25) is 0 Å². The predicted octanol–water partition coefficient (Wildman–Crippen LogP) is -0.123. The normalized spacial score (nSPS) is 12.5. The average molecular weight is 227 g/mol. The van der Waals surface area contributed by atoms with E-state index in [4.69, 9.17) is 0 Å². The molecule has 0 nitrogen and oxygen atoms in total. The summed E-state index contributed by atoms with van der Waals surface area (Å²) in [6.45, 7) is 15.1. The third-order valence-corrected chi connectivity index (χ3v) is 29.0. The monoisotopic (exact) mass is 226 g/mol. The van der Waals surface area contributed by atoms with E-state index < -0.39 is 15.2 Å². The van der Waals surface area contributed by atoms with E-state index in [2.05, 4.69) is 40.0 Å². The van der Waals surface area contributed by atoms with Crippen molar-refractivity contribution in [1.29, 1.82) is 0 Å². The molecule has 0 fully saturated rings. The predicted molar refractivity (Wildman–Crippen MR) is 63.1 cm³/mol. The zero-order chi connectivity index (χ0) is 9.12. The molecule has 0 unspecified atom stereocenters. The van der Waals surface area contributed by atoms with Gasteiger partial charge in [-0.05, 0) is 0 Å². The molecule has 0 atom stereocenters. The molecule has 0 spiro atoms. The molecule has 12 heavy (non-hydrogen) atoms. The van der Waals surface area contributed by atoms with Crippen molar-refractivity contribution in [2.24, 2.45) is 0 Å². The standard InChI is InChI=1S/C8H23Si3.Na/c1-7-10(3,4)9-11(5,6)8-2;/h9H,7-8H2,1-6H3;/q-1;+1. The Morgan fingerprint density at radius 2 is 1.08 bits per heavy atom. The molecule has 0 aliphatic carbocycles. The third-order valence-electron chi connectivity index (χ3n) is 2.60. The largest absolute Gasteiger partial charge is 1.00 e. The van der Waals surface area contributed by atoms with E-state index in [0.717, 1.165) is 8.55 Å². The Hall–Kier alpha value is 1.65. The van der Waals surface area contributed by atoms with Crippen molar-refractivity contribution in [1.82, 2.24) is 0 Å². The molecule has 0 aromatic carbocycles. The van der Waals surface area contributed by atoms with E-state index in [9.17, 15) is 0 Å². The van der Waals surface area contributed by atoms with Gasteiger partial charge >= 0.3 is 29.6 Å². The van der Waals surface area contributed by atoms with Crippen LogP contribution in [0.2, 0.25) is 38.3 Å². The molecule has 0 aromatic rings. The first kappa shape index (κ1) is 16.1. The molecule has 0 aliphatic rings. The Bertz CT molecular complexity index is 109. The van der Waals surface area contributed by atoms with E-state index in [0.29, 0.717) is 0 Å². The molecule has 0 aliphatic heterocycles. The molecule has 0 aromatic heterocycles. The molecule has 0 bridgehead atoms. The first-order valence-corrected chi connectivity index (χ1v) is 14.7. The second-order valence-electron chi connectivity index (χ2n) is 4.83. The van der Waals surface area contributed by atoms with Crippen LogP contribution in [0.3, 0.4) is 0 Å². The minimum absolute atomic E-state index is 0. The van der Waals surface area contributed by atoms with Gasteiger partial charge in [0.1, 0.15) is 0 Å². The van der Waals surface area contributed by atoms with Crippen molar-refractivity contribution in [3.63, 3.8) is 0 Å². The van der Waals surface area contributed by atoms with Crippen molar-refractivity contribution in [2.75, 3.05) is 0 Å². The Morgan fingerprint density at radius 3 is 1.25 bits per heavy atom. The van der Waals surface area contributed by atoms with Crippen LogP contribution < -0.4 is 29.6 Å². The van der Waals surface area contributed by atoms with Crippen LogP contribution >= 0.6 is 0 Å². The number of hydrogen-bond donors (Lipinski definition) is 0. The average Bonchev–Trinajstić information content (AvgIpc) is 1.86. The second kappa shape index (κ2) is 6.19. The molecule has 0 heterocycles. The summed E-state index contributed by atoms with van der Waals surface area (Å²) in [6.07, 6.45) is 0. The number of hydrogen-bond acceptors (Lipinski definition) is 0. The van der Waals surface area contributed by atoms with E-state index in [1.165, 1.54) is 12.1 Å². The third kappa shape index (κ3) is 7.09. The SMILES string of the molecule is CC[Si](C)(C)[SiH-][Si](C)(C)CC.[Na+]. The van der Waals surface area contributed by atoms with Crippen molar-refractivity contribution in [3.05, 3.63) is 0 Å². The molecule has 0 N–H and O–H groups in total. The van der Waals surface area contributed by atoms with Crippen LogP contribution in [0.4, 0.5) is 0 Å². The maximum atomic E-state index is 2.58. The summed E-state index contributed by atoms with van der Waals surface area (Å²) in [5.41, 5.74) is 0. The second-order valence-corrected chi connectivity index (χ2v) is 27.3. The summed E-state index contributed by atoms with van der Waals surface area (Å²) in [4.78, 5) is 0. The zero-order valence-corrected chi connectivity index (χ0v) is 15.1. The summed E-state index contributed by atoms with van der Waals surface area (Å²) < 4.78 is 0. The van der Waals surface area contributed by atoms with Crippen LogP contribution in [0.5, 0.6) is 0 Å². The fourth-order valence-corrected chi connectivity index (χ4v) is 34.1. The number of rotatable bonds is 4. The topological polar surface area (TPSA) is 0 Å². The Labute approximate surface area is 105 Å². The maximum absolute atomic E-state index is 2.58. The van der Waals surface area contributed by atoms with E-state index in [1.54, 1.807) is 0 Å². The maximum Gasteiger partial charge on any atom is 1.00 e. The Balaban J connectivity index is 0. The summed E-state index contributed by atoms with van der Waals surface area (Å²) in [5.74, 6) is 0. The van der Waals surface area contributed by atoms with Crippen molar-refractivity contribution in [2.45, 2.75) is 52.1 Å². The van der Waals surface area contributed by atoms with Gasteiger partial charge < -0.3 is 0 Å². The van der Waals surface area contributed by atoms with Crippen LogP contribution in [0, 0.1) is 0 Å². The van der Waals surface area contributed by atoms with Crippen LogP contribution in [-0.4, -0.2) is 23.7 Å². The summed E-state index contributed by atoms with van der Waals surface area (Å²) in [7, 11) is -0.523. The van der Waals surface area contributed by atoms with Crippen LogP contribution in [0.15, 0.2) is 0 Å². The fourth-order valence-electron chi connectivity index (χ4n) is 1.26. The van der Waals surface area contributed by atoms with Crippen molar-refractivity contribution < 1.29 is 29.6 Å². The molecule has 0 radical (unpaired) electrons. The molecule has 4 heteroatoms. The van der Waals surface area contributed by atoms with Gasteiger partial charge in [-0.25, -0.2) is 0 Å². The summed E-state index contributed by atoms with van der Waals surface area (Å²) in [6, 6.07) is 3.00. The van der Waals surface area contributed by atoms with Gasteiger partial charge in [-0.1, -0.05) is 52.1 Å². The zero-order valence-electron chi connectivity index (χ0n) is 9.99. The van der Waals surface area contributed by atoms with Gasteiger partial charge in [0, 0.05) is 0 Å².